The van der Waals surface area contributed by atoms with Gasteiger partial charge in [0.15, 0.2) is 0 Å². The lowest BCUT2D eigenvalue weighted by atomic mass is 10.1. The van der Waals surface area contributed by atoms with Crippen LogP contribution in [0.1, 0.15) is 63.9 Å². The van der Waals surface area contributed by atoms with E-state index in [1.165, 1.54) is 68.2 Å². The molecule has 100 valence electrons. The molecule has 0 aliphatic rings. The van der Waals surface area contributed by atoms with E-state index in [4.69, 9.17) is 0 Å². The summed E-state index contributed by atoms with van der Waals surface area (Å²) in [5.41, 5.74) is 1.37. The lowest BCUT2D eigenvalue weighted by molar-refractivity contribution is 0.585. The third-order valence-electron chi connectivity index (χ3n) is 3.41. The van der Waals surface area contributed by atoms with Crippen LogP contribution >= 0.6 is 0 Å². The molecule has 0 heterocycles. The molecule has 1 rings (SSSR count). The summed E-state index contributed by atoms with van der Waals surface area (Å²) in [6.07, 6.45) is 11.4. The van der Waals surface area contributed by atoms with E-state index in [0.29, 0.717) is 0 Å². The second-order valence-corrected chi connectivity index (χ2v) is 6.70. The fourth-order valence-electron chi connectivity index (χ4n) is 2.16. The van der Waals surface area contributed by atoms with Crippen molar-refractivity contribution in [1.82, 2.24) is 0 Å². The fraction of sp³-hybridized carbons (Fsp3) is 0.647. The van der Waals surface area contributed by atoms with Crippen LogP contribution in [0.15, 0.2) is 24.3 Å². The summed E-state index contributed by atoms with van der Waals surface area (Å²) in [5.74, 6) is 0. The highest BCUT2D eigenvalue weighted by Gasteiger charge is 1.95. The normalized spacial score (nSPS) is 10.8. The summed E-state index contributed by atoms with van der Waals surface area (Å²) in [6.45, 7) is 4.44. The molecule has 0 aromatic heterocycles. The van der Waals surface area contributed by atoms with Crippen molar-refractivity contribution in [1.29, 1.82) is 0 Å². The third kappa shape index (κ3) is 7.70. The van der Waals surface area contributed by atoms with Crippen LogP contribution in [-0.2, 0) is 0 Å². The minimum absolute atomic E-state index is 1.01. The van der Waals surface area contributed by atoms with Gasteiger partial charge < -0.3 is 0 Å². The quantitative estimate of drug-likeness (QED) is 0.415. The molecular formula is C17H28Si. The van der Waals surface area contributed by atoms with Crippen LogP contribution in [0.25, 0.3) is 0 Å². The van der Waals surface area contributed by atoms with Gasteiger partial charge in [0, 0.05) is 0 Å². The Labute approximate surface area is 116 Å². The SMILES string of the molecule is CCCCCCCCCC[Si]c1ccc(C)cc1. The maximum atomic E-state index is 2.29. The Bertz CT molecular complexity index is 289. The molecule has 0 unspecified atom stereocenters. The molecular weight excluding hydrogens is 232 g/mol. The van der Waals surface area contributed by atoms with Crippen LogP contribution in [-0.4, -0.2) is 9.52 Å². The second-order valence-electron chi connectivity index (χ2n) is 5.27. The van der Waals surface area contributed by atoms with Crippen molar-refractivity contribution < 1.29 is 0 Å². The van der Waals surface area contributed by atoms with Gasteiger partial charge in [0.25, 0.3) is 0 Å². The molecule has 0 aliphatic heterocycles. The van der Waals surface area contributed by atoms with Crippen molar-refractivity contribution in [2.75, 3.05) is 0 Å². The number of rotatable bonds is 10. The molecule has 0 saturated carbocycles. The van der Waals surface area contributed by atoms with E-state index in [0.717, 1.165) is 9.52 Å². The first kappa shape index (κ1) is 15.5. The Morgan fingerprint density at radius 1 is 0.778 bits per heavy atom. The molecule has 0 fully saturated rings. The fourth-order valence-corrected chi connectivity index (χ4v) is 3.28. The van der Waals surface area contributed by atoms with Crippen molar-refractivity contribution >= 4 is 14.7 Å². The van der Waals surface area contributed by atoms with Gasteiger partial charge in [-0.05, 0) is 6.92 Å². The van der Waals surface area contributed by atoms with Crippen molar-refractivity contribution in [2.45, 2.75) is 71.3 Å². The Kier molecular flexibility index (Phi) is 8.92. The predicted molar refractivity (Wildman–Crippen MR) is 84.0 cm³/mol. The average molecular weight is 260 g/mol. The highest BCUT2D eigenvalue weighted by molar-refractivity contribution is 6.53. The van der Waals surface area contributed by atoms with Gasteiger partial charge in [0.1, 0.15) is 0 Å². The maximum absolute atomic E-state index is 2.29. The number of benzene rings is 1. The zero-order chi connectivity index (χ0) is 13.1. The number of unbranched alkanes of at least 4 members (excludes halogenated alkanes) is 7. The molecule has 0 amide bonds. The molecule has 1 aromatic carbocycles. The van der Waals surface area contributed by atoms with E-state index in [1.54, 1.807) is 0 Å². The lowest BCUT2D eigenvalue weighted by Gasteiger charge is -2.02. The molecule has 0 atom stereocenters. The standard InChI is InChI=1S/C17H28Si/c1-3-4-5-6-7-8-9-10-15-18-17-13-11-16(2)12-14-17/h11-14H,3-10,15H2,1-2H3. The molecule has 0 spiro atoms. The Morgan fingerprint density at radius 3 is 1.94 bits per heavy atom. The van der Waals surface area contributed by atoms with E-state index < -0.39 is 0 Å². The molecule has 0 bridgehead atoms. The summed E-state index contributed by atoms with van der Waals surface area (Å²) in [5, 5.41) is 1.53. The summed E-state index contributed by atoms with van der Waals surface area (Å²) in [4.78, 5) is 0. The van der Waals surface area contributed by atoms with Crippen molar-refractivity contribution in [2.24, 2.45) is 0 Å². The summed E-state index contributed by atoms with van der Waals surface area (Å²) >= 11 is 0. The molecule has 1 aromatic rings. The molecule has 0 saturated heterocycles. The van der Waals surface area contributed by atoms with E-state index >= 15 is 0 Å². The number of hydrogen-bond acceptors (Lipinski definition) is 0. The summed E-state index contributed by atoms with van der Waals surface area (Å²) < 4.78 is 0. The van der Waals surface area contributed by atoms with Crippen molar-refractivity contribution in [3.8, 4) is 0 Å². The van der Waals surface area contributed by atoms with Crippen LogP contribution in [0.4, 0.5) is 0 Å². The van der Waals surface area contributed by atoms with Crippen LogP contribution in [0.5, 0.6) is 0 Å². The van der Waals surface area contributed by atoms with Gasteiger partial charge in [0.2, 0.25) is 0 Å². The van der Waals surface area contributed by atoms with Gasteiger partial charge in [-0.3, -0.25) is 0 Å². The van der Waals surface area contributed by atoms with Gasteiger partial charge in [-0.1, -0.05) is 99.4 Å². The largest absolute Gasteiger partial charge is 0.0807 e. The second kappa shape index (κ2) is 10.4. The molecule has 1 heteroatoms. The Morgan fingerprint density at radius 2 is 1.33 bits per heavy atom. The van der Waals surface area contributed by atoms with Crippen LogP contribution in [0.2, 0.25) is 6.04 Å². The average Bonchev–Trinajstić information content (AvgIpc) is 2.39. The molecule has 0 nitrogen and oxygen atoms in total. The summed E-state index contributed by atoms with van der Waals surface area (Å²) in [6, 6.07) is 10.4. The molecule has 0 N–H and O–H groups in total. The number of aryl methyl sites for hydroxylation is 1. The van der Waals surface area contributed by atoms with Gasteiger partial charge in [-0.15, -0.1) is 0 Å². The van der Waals surface area contributed by atoms with Crippen LogP contribution in [0.3, 0.4) is 0 Å². The molecule has 18 heavy (non-hydrogen) atoms. The molecule has 2 radical (unpaired) electrons. The van der Waals surface area contributed by atoms with Gasteiger partial charge in [-0.25, -0.2) is 0 Å². The predicted octanol–water partition coefficient (Wildman–Crippen LogP) is 4.88. The van der Waals surface area contributed by atoms with Crippen LogP contribution < -0.4 is 5.19 Å². The first-order valence-corrected chi connectivity index (χ1v) is 8.84. The van der Waals surface area contributed by atoms with Gasteiger partial charge in [0.05, 0.1) is 9.52 Å². The van der Waals surface area contributed by atoms with Crippen molar-refractivity contribution in [3.05, 3.63) is 29.8 Å². The van der Waals surface area contributed by atoms with Gasteiger partial charge in [-0.2, -0.15) is 0 Å². The lowest BCUT2D eigenvalue weighted by Crippen LogP contribution is -2.12. The maximum Gasteiger partial charge on any atom is 0.0807 e. The van der Waals surface area contributed by atoms with E-state index in [2.05, 4.69) is 38.1 Å². The first-order chi connectivity index (χ1) is 8.83. The van der Waals surface area contributed by atoms with E-state index in [-0.39, 0.29) is 0 Å². The highest BCUT2D eigenvalue weighted by Crippen LogP contribution is 2.09. The summed E-state index contributed by atoms with van der Waals surface area (Å²) in [7, 11) is 1.01. The zero-order valence-corrected chi connectivity index (χ0v) is 13.2. The van der Waals surface area contributed by atoms with E-state index in [9.17, 15) is 0 Å². The van der Waals surface area contributed by atoms with Gasteiger partial charge >= 0.3 is 0 Å². The topological polar surface area (TPSA) is 0 Å². The third-order valence-corrected chi connectivity index (χ3v) is 4.76. The Hall–Kier alpha value is -0.563. The monoisotopic (exact) mass is 260 g/mol. The molecule has 0 aliphatic carbocycles. The number of hydrogen-bond donors (Lipinski definition) is 0. The van der Waals surface area contributed by atoms with Crippen molar-refractivity contribution in [3.63, 3.8) is 0 Å². The Balaban J connectivity index is 1.91. The highest BCUT2D eigenvalue weighted by atomic mass is 28.2. The zero-order valence-electron chi connectivity index (χ0n) is 12.2. The van der Waals surface area contributed by atoms with E-state index in [1.807, 2.05) is 0 Å². The van der Waals surface area contributed by atoms with Crippen LogP contribution in [0, 0.1) is 6.92 Å². The minimum atomic E-state index is 1.01. The minimum Gasteiger partial charge on any atom is -0.0654 e. The smallest absolute Gasteiger partial charge is 0.0654 e. The first-order valence-electron chi connectivity index (χ1n) is 7.63.